The quantitative estimate of drug-likeness (QED) is 0.777. The number of rotatable bonds is 1. The van der Waals surface area contributed by atoms with E-state index in [-0.39, 0.29) is 0 Å². The zero-order chi connectivity index (χ0) is 13.5. The summed E-state index contributed by atoms with van der Waals surface area (Å²) in [6.07, 6.45) is 1.25. The molecule has 1 aromatic carbocycles. The smallest absolute Gasteiger partial charge is 0.0601 e. The third-order valence-corrected chi connectivity index (χ3v) is 3.03. The number of hydrogen-bond donors (Lipinski definition) is 1. The molecule has 18 heavy (non-hydrogen) atoms. The summed E-state index contributed by atoms with van der Waals surface area (Å²) in [7, 11) is 2.16. The van der Waals surface area contributed by atoms with Gasteiger partial charge in [-0.3, -0.25) is 0 Å². The van der Waals surface area contributed by atoms with Crippen molar-refractivity contribution in [1.82, 2.24) is 4.90 Å². The lowest BCUT2D eigenvalue weighted by atomic mass is 10.1. The lowest BCUT2D eigenvalue weighted by Crippen LogP contribution is -2.44. The zero-order valence-corrected chi connectivity index (χ0v) is 12.2. The number of piperazine rings is 1. The first kappa shape index (κ1) is 14.8. The molecule has 0 bridgehead atoms. The van der Waals surface area contributed by atoms with Crippen LogP contribution in [-0.2, 0) is 0 Å². The van der Waals surface area contributed by atoms with E-state index in [9.17, 15) is 0 Å². The summed E-state index contributed by atoms with van der Waals surface area (Å²) in [6.45, 7) is 10.7. The fraction of sp³-hybridized carbons (Fsp3) is 0.600. The number of likely N-dealkylation sites (N-methyl/N-ethyl adjacent to an activating group) is 1. The van der Waals surface area contributed by atoms with Crippen LogP contribution < -0.4 is 10.6 Å². The Morgan fingerprint density at radius 2 is 1.67 bits per heavy atom. The molecule has 3 nitrogen and oxygen atoms in total. The molecule has 1 aliphatic heterocycles. The summed E-state index contributed by atoms with van der Waals surface area (Å²) in [4.78, 5) is 4.72. The van der Waals surface area contributed by atoms with Gasteiger partial charge < -0.3 is 15.5 Å². The van der Waals surface area contributed by atoms with Crippen LogP contribution in [0, 0.1) is 6.92 Å². The van der Waals surface area contributed by atoms with Gasteiger partial charge in [0.2, 0.25) is 0 Å². The molecule has 2 N–H and O–H groups in total. The van der Waals surface area contributed by atoms with Crippen molar-refractivity contribution >= 4 is 11.4 Å². The van der Waals surface area contributed by atoms with Crippen LogP contribution in [0.2, 0.25) is 0 Å². The molecule has 0 amide bonds. The molecule has 1 fully saturated rings. The standard InChI is InChI=1S/C12H19N3.C3H8/c1-10-3-4-12(11(13)9-10)15-7-5-14(2)6-8-15;1-3-2/h3-4,9H,5-8,13H2,1-2H3;3H2,1-2H3. The van der Waals surface area contributed by atoms with E-state index in [0.29, 0.717) is 0 Å². The number of nitrogens with two attached hydrogens (primary N) is 1. The van der Waals surface area contributed by atoms with Crippen molar-refractivity contribution in [2.24, 2.45) is 0 Å². The number of anilines is 2. The number of benzene rings is 1. The second-order valence-electron chi connectivity index (χ2n) is 5.06. The van der Waals surface area contributed by atoms with E-state index in [4.69, 9.17) is 5.73 Å². The highest BCUT2D eigenvalue weighted by Crippen LogP contribution is 2.24. The minimum Gasteiger partial charge on any atom is -0.397 e. The van der Waals surface area contributed by atoms with Crippen molar-refractivity contribution in [2.45, 2.75) is 27.2 Å². The monoisotopic (exact) mass is 249 g/mol. The summed E-state index contributed by atoms with van der Waals surface area (Å²) in [5, 5.41) is 0. The summed E-state index contributed by atoms with van der Waals surface area (Å²) < 4.78 is 0. The molecule has 0 unspecified atom stereocenters. The van der Waals surface area contributed by atoms with E-state index in [1.165, 1.54) is 17.7 Å². The van der Waals surface area contributed by atoms with Crippen molar-refractivity contribution in [1.29, 1.82) is 0 Å². The molecule has 1 aromatic rings. The van der Waals surface area contributed by atoms with Gasteiger partial charge in [-0.2, -0.15) is 0 Å². The molecule has 102 valence electrons. The first-order valence-electron chi connectivity index (χ1n) is 6.88. The Labute approximate surface area is 112 Å². The maximum absolute atomic E-state index is 6.03. The Hall–Kier alpha value is -1.22. The van der Waals surface area contributed by atoms with E-state index < -0.39 is 0 Å². The third kappa shape index (κ3) is 4.22. The van der Waals surface area contributed by atoms with Crippen LogP contribution in [0.25, 0.3) is 0 Å². The van der Waals surface area contributed by atoms with Gasteiger partial charge in [0.25, 0.3) is 0 Å². The van der Waals surface area contributed by atoms with Crippen LogP contribution in [-0.4, -0.2) is 38.1 Å². The summed E-state index contributed by atoms with van der Waals surface area (Å²) in [6, 6.07) is 6.31. The molecule has 1 heterocycles. The highest BCUT2D eigenvalue weighted by molar-refractivity contribution is 5.68. The molecule has 1 aliphatic rings. The van der Waals surface area contributed by atoms with Gasteiger partial charge in [0.05, 0.1) is 11.4 Å². The Morgan fingerprint density at radius 1 is 1.11 bits per heavy atom. The van der Waals surface area contributed by atoms with E-state index in [1.54, 1.807) is 0 Å². The van der Waals surface area contributed by atoms with Gasteiger partial charge in [-0.25, -0.2) is 0 Å². The number of nitrogens with zero attached hydrogens (tertiary/aromatic N) is 2. The Kier molecular flexibility index (Phi) is 5.99. The van der Waals surface area contributed by atoms with E-state index in [1.807, 2.05) is 6.07 Å². The lowest BCUT2D eigenvalue weighted by Gasteiger charge is -2.34. The predicted octanol–water partition coefficient (Wildman–Crippen LogP) is 2.75. The van der Waals surface area contributed by atoms with Gasteiger partial charge in [-0.05, 0) is 31.7 Å². The van der Waals surface area contributed by atoms with Crippen LogP contribution in [0.4, 0.5) is 11.4 Å². The molecule has 0 aromatic heterocycles. The number of hydrogen-bond acceptors (Lipinski definition) is 3. The largest absolute Gasteiger partial charge is 0.397 e. The lowest BCUT2D eigenvalue weighted by molar-refractivity contribution is 0.313. The van der Waals surface area contributed by atoms with Crippen molar-refractivity contribution < 1.29 is 0 Å². The SMILES string of the molecule is CCC.Cc1ccc(N2CCN(C)CC2)c(N)c1. The van der Waals surface area contributed by atoms with Gasteiger partial charge >= 0.3 is 0 Å². The van der Waals surface area contributed by atoms with Gasteiger partial charge in [0.15, 0.2) is 0 Å². The van der Waals surface area contributed by atoms with Crippen LogP contribution in [0.1, 0.15) is 25.8 Å². The van der Waals surface area contributed by atoms with Crippen molar-refractivity contribution in [3.63, 3.8) is 0 Å². The fourth-order valence-electron chi connectivity index (χ4n) is 2.01. The highest BCUT2D eigenvalue weighted by atomic mass is 15.2. The molecule has 0 spiro atoms. The molecular formula is C15H27N3. The van der Waals surface area contributed by atoms with E-state index in [0.717, 1.165) is 31.9 Å². The normalized spacial score (nSPS) is 16.1. The van der Waals surface area contributed by atoms with E-state index in [2.05, 4.69) is 49.8 Å². The summed E-state index contributed by atoms with van der Waals surface area (Å²) in [5.74, 6) is 0. The maximum atomic E-state index is 6.03. The van der Waals surface area contributed by atoms with Crippen LogP contribution >= 0.6 is 0 Å². The Bertz CT molecular complexity index is 355. The average molecular weight is 249 g/mol. The van der Waals surface area contributed by atoms with E-state index >= 15 is 0 Å². The van der Waals surface area contributed by atoms with Crippen molar-refractivity contribution in [2.75, 3.05) is 43.9 Å². The Morgan fingerprint density at radius 3 is 2.17 bits per heavy atom. The molecule has 0 atom stereocenters. The molecule has 3 heteroatoms. The summed E-state index contributed by atoms with van der Waals surface area (Å²) >= 11 is 0. The molecule has 1 saturated heterocycles. The molecule has 0 aliphatic carbocycles. The minimum atomic E-state index is 0.902. The topological polar surface area (TPSA) is 32.5 Å². The molecule has 0 radical (unpaired) electrons. The fourth-order valence-corrected chi connectivity index (χ4v) is 2.01. The van der Waals surface area contributed by atoms with Gasteiger partial charge in [-0.15, -0.1) is 0 Å². The second kappa shape index (κ2) is 7.27. The van der Waals surface area contributed by atoms with Crippen LogP contribution in [0.5, 0.6) is 0 Å². The van der Waals surface area contributed by atoms with Crippen LogP contribution in [0.15, 0.2) is 18.2 Å². The van der Waals surface area contributed by atoms with Crippen LogP contribution in [0.3, 0.4) is 0 Å². The summed E-state index contributed by atoms with van der Waals surface area (Å²) in [5.41, 5.74) is 9.35. The average Bonchev–Trinajstić information content (AvgIpc) is 2.32. The number of nitrogen functional groups attached to an aromatic ring is 1. The van der Waals surface area contributed by atoms with Crippen molar-refractivity contribution in [3.05, 3.63) is 23.8 Å². The molecule has 2 rings (SSSR count). The van der Waals surface area contributed by atoms with Gasteiger partial charge in [-0.1, -0.05) is 26.3 Å². The van der Waals surface area contributed by atoms with Crippen molar-refractivity contribution in [3.8, 4) is 0 Å². The second-order valence-corrected chi connectivity index (χ2v) is 5.06. The molecule has 0 saturated carbocycles. The first-order chi connectivity index (χ1) is 8.58. The maximum Gasteiger partial charge on any atom is 0.0601 e. The molecular weight excluding hydrogens is 222 g/mol. The van der Waals surface area contributed by atoms with Gasteiger partial charge in [0, 0.05) is 26.2 Å². The minimum absolute atomic E-state index is 0.902. The third-order valence-electron chi connectivity index (χ3n) is 3.03. The highest BCUT2D eigenvalue weighted by Gasteiger charge is 2.15. The zero-order valence-electron chi connectivity index (χ0n) is 12.2. The predicted molar refractivity (Wildman–Crippen MR) is 81.3 cm³/mol. The van der Waals surface area contributed by atoms with Gasteiger partial charge in [0.1, 0.15) is 0 Å². The number of aryl methyl sites for hydroxylation is 1. The first-order valence-corrected chi connectivity index (χ1v) is 6.88. The Balaban J connectivity index is 0.000000492.